The second-order valence-corrected chi connectivity index (χ2v) is 38.0. The Balaban J connectivity index is 3.02. The number of hydrogen-bond acceptors (Lipinski definition) is 36. The highest BCUT2D eigenvalue weighted by Crippen LogP contribution is 2.17. The van der Waals surface area contributed by atoms with Crippen LogP contribution in [0.25, 0.3) is 0 Å². The molecule has 0 aromatic heterocycles. The molecule has 56 heteroatoms. The molecule has 828 valence electrons. The summed E-state index contributed by atoms with van der Waals surface area (Å²) in [6.45, 7) is 2.72. The lowest BCUT2D eigenvalue weighted by molar-refractivity contribution is -0.141. The zero-order chi connectivity index (χ0) is 109. The topological polar surface area (TPSA) is 732 Å². The first-order chi connectivity index (χ1) is 68.2. The van der Waals surface area contributed by atoms with Crippen molar-refractivity contribution >= 4 is 119 Å². The van der Waals surface area contributed by atoms with Crippen LogP contribution in [-0.4, -0.2) is 625 Å². The molecule has 2 aliphatic rings. The molecule has 0 aromatic carbocycles. The highest BCUT2D eigenvalue weighted by atomic mass is 16.4. The first kappa shape index (κ1) is 130. The van der Waals surface area contributed by atoms with Crippen molar-refractivity contribution in [2.45, 2.75) is 55.4 Å². The second kappa shape index (κ2) is 72.1. The number of nitrogens with one attached hydrogen (secondary N) is 8. The molecule has 0 spiro atoms. The average molecular weight is 2080 g/mol. The van der Waals surface area contributed by atoms with Gasteiger partial charge in [-0.1, -0.05) is 55.4 Å². The Morgan fingerprint density at radius 1 is 0.221 bits per heavy atom. The number of carbonyl (C=O) groups is 20. The number of nitrogens with zero attached hydrogens (tertiary/aromatic N) is 16. The molecule has 0 unspecified atom stereocenters. The standard InChI is InChI=1S/C89H160N24O32/c1-65(2)41-110(73(118)37-90-9-13-98(51-79(126)127)17-19-100(53-81(130)131)15-11-92-39-77(122)123)45-69(114)94-61-89(62-95-70(115)46-111(42-66(3)4)74(119)38-91-10-14-99(52-80(128)129)18-20-101(54-82(132)133)16-12-93-40-78(124)125,63-96-71(116)47-112(43-67(5)6)75(120)49-102-21-25-104(55-83(134)135)29-33-108(59-87(142)143)34-30-105(26-22-102)56-84(136)137)64-97-72(117)48-113(44-68(7)8)76(121)50-103-23-27-106(57-85(138)139)31-35-109(60-88(144)145)36-32-107(28-24-103)58-86(140)141/h65-68,90-93H,9-64H2,1-8H3,(H,94,114)(H,95,115)(H,96,116)(H,97,117)(H,122,123)(H,124,125)(H,126,127)(H,128,129)(H,130,131)(H,132,133)(H,134,135)(H,136,137)(H,138,139)(H,140,141)(H,142,143)(H,144,145). The zero-order valence-corrected chi connectivity index (χ0v) is 85.1. The highest BCUT2D eigenvalue weighted by Gasteiger charge is 2.37. The van der Waals surface area contributed by atoms with Crippen LogP contribution in [0.15, 0.2) is 0 Å². The van der Waals surface area contributed by atoms with E-state index in [4.69, 9.17) is 10.2 Å². The molecule has 2 aliphatic heterocycles. The van der Waals surface area contributed by atoms with Crippen LogP contribution in [0.2, 0.25) is 0 Å². The number of carboxylic acid groups (broad SMARTS) is 12. The van der Waals surface area contributed by atoms with Crippen LogP contribution in [0.3, 0.4) is 0 Å². The van der Waals surface area contributed by atoms with E-state index in [-0.39, 0.29) is 233 Å². The fraction of sp³-hybridized carbons (Fsp3) is 0.775. The second-order valence-electron chi connectivity index (χ2n) is 38.0. The molecule has 2 heterocycles. The van der Waals surface area contributed by atoms with Crippen LogP contribution in [0, 0.1) is 29.1 Å². The van der Waals surface area contributed by atoms with E-state index in [9.17, 15) is 128 Å². The molecule has 0 radical (unpaired) electrons. The van der Waals surface area contributed by atoms with Gasteiger partial charge in [0, 0.05) is 241 Å². The highest BCUT2D eigenvalue weighted by molar-refractivity contribution is 5.89. The van der Waals surface area contributed by atoms with E-state index < -0.39 is 281 Å². The average Bonchev–Trinajstić information content (AvgIpc) is 0.836. The van der Waals surface area contributed by atoms with Crippen molar-refractivity contribution in [2.75, 3.05) is 367 Å². The summed E-state index contributed by atoms with van der Waals surface area (Å²) in [5.74, 6) is -21.5. The molecule has 2 rings (SSSR count). The van der Waals surface area contributed by atoms with Gasteiger partial charge in [-0.05, 0) is 23.7 Å². The molecule has 2 fully saturated rings. The number of rotatable bonds is 74. The van der Waals surface area contributed by atoms with Gasteiger partial charge < -0.3 is 123 Å². The van der Waals surface area contributed by atoms with Crippen molar-refractivity contribution in [3.05, 3.63) is 0 Å². The molecule has 2 saturated heterocycles. The zero-order valence-electron chi connectivity index (χ0n) is 85.1. The summed E-state index contributed by atoms with van der Waals surface area (Å²) in [6, 6.07) is 0. The third kappa shape index (κ3) is 65.1. The van der Waals surface area contributed by atoms with E-state index in [1.165, 1.54) is 39.2 Å². The van der Waals surface area contributed by atoms with Crippen molar-refractivity contribution in [2.24, 2.45) is 29.1 Å². The Hall–Kier alpha value is -11.2. The van der Waals surface area contributed by atoms with Gasteiger partial charge >= 0.3 is 71.6 Å². The van der Waals surface area contributed by atoms with Gasteiger partial charge in [-0.25, -0.2) is 0 Å². The lowest BCUT2D eigenvalue weighted by atomic mass is 9.86. The Labute approximate surface area is 844 Å². The van der Waals surface area contributed by atoms with E-state index in [2.05, 4.69) is 42.5 Å². The summed E-state index contributed by atoms with van der Waals surface area (Å²) in [4.78, 5) is 285. The normalized spacial score (nSPS) is 14.9. The number of carboxylic acids is 12. The molecule has 145 heavy (non-hydrogen) atoms. The maximum absolute atomic E-state index is 15.1. The lowest BCUT2D eigenvalue weighted by Crippen LogP contribution is -2.59. The van der Waals surface area contributed by atoms with Crippen LogP contribution in [0.5, 0.6) is 0 Å². The molecule has 0 aromatic rings. The van der Waals surface area contributed by atoms with Gasteiger partial charge in [-0.2, -0.15) is 0 Å². The van der Waals surface area contributed by atoms with E-state index in [0.717, 1.165) is 0 Å². The van der Waals surface area contributed by atoms with Gasteiger partial charge in [0.1, 0.15) is 0 Å². The quantitative estimate of drug-likeness (QED) is 0.0251. The summed E-state index contributed by atoms with van der Waals surface area (Å²) in [7, 11) is 0. The van der Waals surface area contributed by atoms with Gasteiger partial charge in [-0.15, -0.1) is 0 Å². The largest absolute Gasteiger partial charge is 0.480 e. The summed E-state index contributed by atoms with van der Waals surface area (Å²) in [6.07, 6.45) is 0. The minimum absolute atomic E-state index is 0.00574. The van der Waals surface area contributed by atoms with E-state index in [1.54, 1.807) is 94.6 Å². The maximum atomic E-state index is 15.1. The van der Waals surface area contributed by atoms with Gasteiger partial charge in [0.15, 0.2) is 0 Å². The minimum atomic E-state index is -1.85. The van der Waals surface area contributed by atoms with Crippen molar-refractivity contribution in [1.82, 2.24) is 121 Å². The van der Waals surface area contributed by atoms with Crippen molar-refractivity contribution < 1.29 is 157 Å². The Bertz CT molecular complexity index is 3770. The SMILES string of the molecule is CC(C)CN(CC(=O)NCC(CNC(=O)CN(CC(C)C)C(=O)CNCCN(CCN(CCNCC(=O)O)CC(=O)O)CC(=O)O)(CNC(=O)CN(CC(C)C)C(=O)CN1CCN(CC(=O)O)CCN(CC(=O)O)CCN(CC(=O)O)CC1)CNC(=O)CN(CC(C)C)C(=O)CN1CCN(CC(=O)O)CCN(CC(=O)O)CCN(CC(=O)O)CC1)C(=O)CNCCN(CCN(CCNCC(=O)O)CC(=O)O)CC(=O)O. The van der Waals surface area contributed by atoms with Crippen LogP contribution < -0.4 is 42.5 Å². The van der Waals surface area contributed by atoms with Crippen LogP contribution >= 0.6 is 0 Å². The molecular weight excluding hydrogens is 1920 g/mol. The first-order valence-corrected chi connectivity index (χ1v) is 48.6. The Morgan fingerprint density at radius 3 is 0.559 bits per heavy atom. The maximum Gasteiger partial charge on any atom is 0.317 e. The fourth-order valence-electron chi connectivity index (χ4n) is 15.7. The Morgan fingerprint density at radius 2 is 0.393 bits per heavy atom. The smallest absolute Gasteiger partial charge is 0.317 e. The number of carbonyl (C=O) groups excluding carboxylic acids is 8. The first-order valence-electron chi connectivity index (χ1n) is 48.6. The molecule has 0 atom stereocenters. The van der Waals surface area contributed by atoms with Crippen LogP contribution in [-0.2, 0) is 95.9 Å². The van der Waals surface area contributed by atoms with Crippen molar-refractivity contribution in [3.8, 4) is 0 Å². The fourth-order valence-corrected chi connectivity index (χ4v) is 15.7. The third-order valence-corrected chi connectivity index (χ3v) is 22.9. The van der Waals surface area contributed by atoms with E-state index >= 15 is 19.2 Å². The minimum Gasteiger partial charge on any atom is -0.480 e. The van der Waals surface area contributed by atoms with Crippen molar-refractivity contribution in [3.63, 3.8) is 0 Å². The number of aliphatic carboxylic acids is 12. The van der Waals surface area contributed by atoms with E-state index in [0.29, 0.717) is 0 Å². The molecule has 0 saturated carbocycles. The Kier molecular flexibility index (Phi) is 64.6. The molecule has 0 bridgehead atoms. The number of hydrogen-bond donors (Lipinski definition) is 20. The van der Waals surface area contributed by atoms with Gasteiger partial charge in [-0.3, -0.25) is 155 Å². The van der Waals surface area contributed by atoms with Gasteiger partial charge in [0.05, 0.1) is 131 Å². The monoisotopic (exact) mass is 2080 g/mol. The molecule has 0 aliphatic carbocycles. The predicted octanol–water partition coefficient (Wildman–Crippen LogP) is -10.6. The molecule has 8 amide bonds. The predicted molar refractivity (Wildman–Crippen MR) is 521 cm³/mol. The molecule has 20 N–H and O–H groups in total. The summed E-state index contributed by atoms with van der Waals surface area (Å²) < 4.78 is 0. The lowest BCUT2D eigenvalue weighted by Gasteiger charge is -2.36. The van der Waals surface area contributed by atoms with Crippen LogP contribution in [0.1, 0.15) is 55.4 Å². The van der Waals surface area contributed by atoms with E-state index in [1.807, 2.05) is 0 Å². The summed E-state index contributed by atoms with van der Waals surface area (Å²) >= 11 is 0. The van der Waals surface area contributed by atoms with Crippen LogP contribution in [0.4, 0.5) is 0 Å². The number of amides is 8. The van der Waals surface area contributed by atoms with Gasteiger partial charge in [0.25, 0.3) is 0 Å². The molecule has 56 nitrogen and oxygen atoms in total. The van der Waals surface area contributed by atoms with Gasteiger partial charge in [0.2, 0.25) is 47.3 Å². The summed E-state index contributed by atoms with van der Waals surface area (Å²) in [5.41, 5.74) is -1.85. The van der Waals surface area contributed by atoms with Crippen molar-refractivity contribution in [1.29, 1.82) is 0 Å². The molecular formula is C89H160N24O32. The summed E-state index contributed by atoms with van der Waals surface area (Å²) in [5, 5.41) is 139. The third-order valence-electron chi connectivity index (χ3n) is 22.9.